The third-order valence-electron chi connectivity index (χ3n) is 5.35. The topological polar surface area (TPSA) is 60.9 Å². The normalized spacial score (nSPS) is 20.0. The first kappa shape index (κ1) is 20.0. The maximum atomic E-state index is 13.4. The summed E-state index contributed by atoms with van der Waals surface area (Å²) in [5.74, 6) is -0.688. The summed E-state index contributed by atoms with van der Waals surface area (Å²) in [4.78, 5) is 30.0. The molecule has 1 fully saturated rings. The maximum Gasteiger partial charge on any atom is 0.282 e. The van der Waals surface area contributed by atoms with Crippen molar-refractivity contribution < 1.29 is 14.7 Å². The van der Waals surface area contributed by atoms with Gasteiger partial charge in [-0.05, 0) is 54.7 Å². The number of hydrogen-bond donors (Lipinski definition) is 1. The van der Waals surface area contributed by atoms with E-state index in [1.807, 2.05) is 4.90 Å². The molecule has 1 atom stereocenters. The van der Waals surface area contributed by atoms with Crippen molar-refractivity contribution in [1.29, 1.82) is 0 Å². The lowest BCUT2D eigenvalue weighted by atomic mass is 9.97. The van der Waals surface area contributed by atoms with Crippen LogP contribution >= 0.6 is 23.2 Å². The Balaban J connectivity index is 1.82. The van der Waals surface area contributed by atoms with Gasteiger partial charge in [-0.1, -0.05) is 41.4 Å². The Morgan fingerprint density at radius 3 is 2.45 bits per heavy atom. The zero-order valence-electron chi connectivity index (χ0n) is 15.6. The summed E-state index contributed by atoms with van der Waals surface area (Å²) in [5, 5.41) is 10.6. The van der Waals surface area contributed by atoms with Crippen LogP contribution in [-0.4, -0.2) is 41.5 Å². The van der Waals surface area contributed by atoms with Crippen molar-refractivity contribution in [2.45, 2.75) is 12.8 Å². The van der Waals surface area contributed by atoms with Gasteiger partial charge in [0.15, 0.2) is 0 Å². The van der Waals surface area contributed by atoms with Gasteiger partial charge in [0.05, 0.1) is 11.3 Å². The molecule has 2 aromatic carbocycles. The van der Waals surface area contributed by atoms with Crippen LogP contribution in [0.5, 0.6) is 0 Å². The molecule has 29 heavy (non-hydrogen) atoms. The molecule has 2 aromatic rings. The maximum absolute atomic E-state index is 13.4. The monoisotopic (exact) mass is 430 g/mol. The number of benzene rings is 2. The Morgan fingerprint density at radius 1 is 1.00 bits per heavy atom. The number of hydrogen-bond acceptors (Lipinski definition) is 4. The molecule has 0 saturated carbocycles. The second kappa shape index (κ2) is 8.19. The van der Waals surface area contributed by atoms with E-state index in [0.29, 0.717) is 45.7 Å². The number of halogens is 2. The molecule has 5 nitrogen and oxygen atoms in total. The lowest BCUT2D eigenvalue weighted by Crippen LogP contribution is -2.40. The van der Waals surface area contributed by atoms with Crippen molar-refractivity contribution in [3.8, 4) is 0 Å². The van der Waals surface area contributed by atoms with Gasteiger partial charge in [0.1, 0.15) is 5.70 Å². The molecule has 4 rings (SSSR count). The first-order valence-corrected chi connectivity index (χ1v) is 10.3. The van der Waals surface area contributed by atoms with Crippen molar-refractivity contribution >= 4 is 46.3 Å². The van der Waals surface area contributed by atoms with Crippen LogP contribution in [-0.2, 0) is 9.59 Å². The number of aliphatic hydroxyl groups is 1. The minimum Gasteiger partial charge on any atom is -0.396 e. The van der Waals surface area contributed by atoms with Crippen molar-refractivity contribution in [2.24, 2.45) is 5.92 Å². The summed E-state index contributed by atoms with van der Waals surface area (Å²) < 4.78 is 0. The number of carbonyl (C=O) groups excluding carboxylic acids is 2. The molecule has 1 unspecified atom stereocenters. The number of anilines is 1. The van der Waals surface area contributed by atoms with E-state index in [4.69, 9.17) is 23.2 Å². The summed E-state index contributed by atoms with van der Waals surface area (Å²) in [6, 6.07) is 13.6. The Kier molecular flexibility index (Phi) is 5.63. The van der Waals surface area contributed by atoms with Crippen LogP contribution < -0.4 is 4.90 Å². The number of nitrogens with zero attached hydrogens (tertiary/aromatic N) is 2. The average molecular weight is 431 g/mol. The zero-order valence-corrected chi connectivity index (χ0v) is 17.2. The van der Waals surface area contributed by atoms with E-state index in [-0.39, 0.29) is 24.3 Å². The first-order valence-electron chi connectivity index (χ1n) is 9.50. The molecule has 0 spiro atoms. The standard InChI is InChI=1S/C22H20Cl2N2O3/c23-16-8-6-15(7-9-16)19-20(25-10-2-3-14(12-25)13-27)22(29)26(21(19)28)18-5-1-4-17(24)11-18/h1,4-9,11,14,27H,2-3,10,12-13H2. The number of imide groups is 1. The molecule has 150 valence electrons. The summed E-state index contributed by atoms with van der Waals surface area (Å²) in [6.45, 7) is 1.25. The minimum atomic E-state index is -0.388. The predicted molar refractivity (Wildman–Crippen MR) is 114 cm³/mol. The second-order valence-corrected chi connectivity index (χ2v) is 8.17. The number of aliphatic hydroxyl groups excluding tert-OH is 1. The molecule has 2 aliphatic rings. The van der Waals surface area contributed by atoms with Gasteiger partial charge in [0, 0.05) is 29.7 Å². The SMILES string of the molecule is O=C1C(c2ccc(Cl)cc2)=C(N2CCCC(CO)C2)C(=O)N1c1cccc(Cl)c1. The Bertz CT molecular complexity index is 988. The van der Waals surface area contributed by atoms with E-state index < -0.39 is 0 Å². The molecule has 2 amide bonds. The fourth-order valence-electron chi connectivity index (χ4n) is 3.96. The molecule has 1 N–H and O–H groups in total. The molecule has 0 aromatic heterocycles. The largest absolute Gasteiger partial charge is 0.396 e. The summed E-state index contributed by atoms with van der Waals surface area (Å²) in [6.07, 6.45) is 1.75. The highest BCUT2D eigenvalue weighted by atomic mass is 35.5. The second-order valence-electron chi connectivity index (χ2n) is 7.29. The molecule has 0 bridgehead atoms. The van der Waals surface area contributed by atoms with Crippen LogP contribution in [0.4, 0.5) is 5.69 Å². The van der Waals surface area contributed by atoms with Gasteiger partial charge in [-0.2, -0.15) is 0 Å². The number of piperidine rings is 1. The molecule has 0 aliphatic carbocycles. The molecular weight excluding hydrogens is 411 g/mol. The molecule has 1 saturated heterocycles. The minimum absolute atomic E-state index is 0.0558. The highest BCUT2D eigenvalue weighted by Gasteiger charge is 2.43. The van der Waals surface area contributed by atoms with Gasteiger partial charge in [-0.25, -0.2) is 4.90 Å². The Hall–Kier alpha value is -2.34. The first-order chi connectivity index (χ1) is 14.0. The Labute approximate surface area is 179 Å². The fraction of sp³-hybridized carbons (Fsp3) is 0.273. The summed E-state index contributed by atoms with van der Waals surface area (Å²) in [7, 11) is 0. The van der Waals surface area contributed by atoms with Crippen LogP contribution in [0.2, 0.25) is 10.0 Å². The van der Waals surface area contributed by atoms with Crippen molar-refractivity contribution in [3.63, 3.8) is 0 Å². The van der Waals surface area contributed by atoms with Gasteiger partial charge in [-0.3, -0.25) is 9.59 Å². The highest BCUT2D eigenvalue weighted by Crippen LogP contribution is 2.37. The molecule has 7 heteroatoms. The van der Waals surface area contributed by atoms with E-state index in [1.54, 1.807) is 48.5 Å². The summed E-state index contributed by atoms with van der Waals surface area (Å²) >= 11 is 12.1. The van der Waals surface area contributed by atoms with Crippen molar-refractivity contribution in [1.82, 2.24) is 4.90 Å². The van der Waals surface area contributed by atoms with E-state index in [9.17, 15) is 14.7 Å². The van der Waals surface area contributed by atoms with Crippen LogP contribution in [0.15, 0.2) is 54.2 Å². The number of rotatable bonds is 4. The third-order valence-corrected chi connectivity index (χ3v) is 5.84. The smallest absolute Gasteiger partial charge is 0.282 e. The van der Waals surface area contributed by atoms with Crippen LogP contribution in [0.3, 0.4) is 0 Å². The van der Waals surface area contributed by atoms with Gasteiger partial charge in [0.2, 0.25) is 0 Å². The van der Waals surface area contributed by atoms with Gasteiger partial charge in [0.25, 0.3) is 11.8 Å². The van der Waals surface area contributed by atoms with E-state index in [2.05, 4.69) is 0 Å². The highest BCUT2D eigenvalue weighted by molar-refractivity contribution is 6.45. The number of amides is 2. The van der Waals surface area contributed by atoms with Crippen molar-refractivity contribution in [3.05, 3.63) is 69.8 Å². The quantitative estimate of drug-likeness (QED) is 0.745. The number of carbonyl (C=O) groups is 2. The fourth-order valence-corrected chi connectivity index (χ4v) is 4.27. The molecule has 2 aliphatic heterocycles. The molecule has 2 heterocycles. The van der Waals surface area contributed by atoms with Crippen molar-refractivity contribution in [2.75, 3.05) is 24.6 Å². The predicted octanol–water partition coefficient (Wildman–Crippen LogP) is 3.98. The Morgan fingerprint density at radius 2 is 1.76 bits per heavy atom. The van der Waals surface area contributed by atoms with Crippen LogP contribution in [0.1, 0.15) is 18.4 Å². The lowest BCUT2D eigenvalue weighted by Gasteiger charge is -2.34. The van der Waals surface area contributed by atoms with Gasteiger partial charge < -0.3 is 10.0 Å². The van der Waals surface area contributed by atoms with Crippen LogP contribution in [0, 0.1) is 5.92 Å². The zero-order chi connectivity index (χ0) is 20.5. The van der Waals surface area contributed by atoms with E-state index in [0.717, 1.165) is 12.8 Å². The van der Waals surface area contributed by atoms with Gasteiger partial charge in [-0.15, -0.1) is 0 Å². The lowest BCUT2D eigenvalue weighted by molar-refractivity contribution is -0.120. The average Bonchev–Trinajstić information content (AvgIpc) is 2.99. The van der Waals surface area contributed by atoms with Gasteiger partial charge >= 0.3 is 0 Å². The van der Waals surface area contributed by atoms with E-state index >= 15 is 0 Å². The van der Waals surface area contributed by atoms with Crippen LogP contribution in [0.25, 0.3) is 5.57 Å². The molecular formula is C22H20Cl2N2O3. The third kappa shape index (κ3) is 3.78. The number of likely N-dealkylation sites (tertiary alicyclic amines) is 1. The molecule has 0 radical (unpaired) electrons. The van der Waals surface area contributed by atoms with E-state index in [1.165, 1.54) is 4.90 Å². The summed E-state index contributed by atoms with van der Waals surface area (Å²) in [5.41, 5.74) is 1.80.